The number of para-hydroxylation sites is 1. The van der Waals surface area contributed by atoms with Crippen LogP contribution in [0.2, 0.25) is 0 Å². The number of aryl methyl sites for hydroxylation is 2. The summed E-state index contributed by atoms with van der Waals surface area (Å²) in [5.74, 6) is -0.487. The molecule has 0 saturated carbocycles. The van der Waals surface area contributed by atoms with E-state index in [9.17, 15) is 9.59 Å². The summed E-state index contributed by atoms with van der Waals surface area (Å²) < 4.78 is 5.82. The Bertz CT molecular complexity index is 778. The van der Waals surface area contributed by atoms with Gasteiger partial charge in [0.05, 0.1) is 11.9 Å². The van der Waals surface area contributed by atoms with Gasteiger partial charge in [-0.25, -0.2) is 0 Å². The van der Waals surface area contributed by atoms with Crippen LogP contribution < -0.4 is 4.90 Å². The molecule has 0 radical (unpaired) electrons. The van der Waals surface area contributed by atoms with E-state index in [1.807, 2.05) is 31.2 Å². The lowest BCUT2D eigenvalue weighted by Crippen LogP contribution is -2.41. The van der Waals surface area contributed by atoms with Gasteiger partial charge in [-0.1, -0.05) is 41.3 Å². The summed E-state index contributed by atoms with van der Waals surface area (Å²) >= 11 is 2.90. The number of aromatic nitrogens is 2. The molecule has 0 saturated heterocycles. The Kier molecular flexibility index (Phi) is 5.70. The van der Waals surface area contributed by atoms with Crippen LogP contribution in [0.5, 0.6) is 0 Å². The number of rotatable bonds is 5. The summed E-state index contributed by atoms with van der Waals surface area (Å²) in [7, 11) is 0. The van der Waals surface area contributed by atoms with E-state index >= 15 is 0 Å². The lowest BCUT2D eigenvalue weighted by Gasteiger charge is -2.24. The van der Waals surface area contributed by atoms with E-state index in [0.717, 1.165) is 27.0 Å². The fourth-order valence-electron chi connectivity index (χ4n) is 2.74. The highest BCUT2D eigenvalue weighted by Crippen LogP contribution is 2.35. The Balaban J connectivity index is 1.87. The zero-order valence-electron chi connectivity index (χ0n) is 14.1. The summed E-state index contributed by atoms with van der Waals surface area (Å²) in [4.78, 5) is 26.7. The molecule has 3 rings (SSSR count). The Morgan fingerprint density at radius 2 is 2.20 bits per heavy atom. The minimum atomic E-state index is -0.400. The van der Waals surface area contributed by atoms with Gasteiger partial charge < -0.3 is 4.74 Å². The number of hydrogen-bond acceptors (Lipinski definition) is 7. The topological polar surface area (TPSA) is 72.4 Å². The second-order valence-corrected chi connectivity index (χ2v) is 8.22. The van der Waals surface area contributed by atoms with Crippen LogP contribution in [0.4, 0.5) is 5.69 Å². The first-order valence-electron chi connectivity index (χ1n) is 8.10. The number of carbonyl (C=O) groups excluding carboxylic acids is 2. The smallest absolute Gasteiger partial charge is 0.326 e. The molecule has 2 aromatic rings. The van der Waals surface area contributed by atoms with E-state index in [-0.39, 0.29) is 17.7 Å². The van der Waals surface area contributed by atoms with Gasteiger partial charge >= 0.3 is 5.97 Å². The predicted octanol–water partition coefficient (Wildman–Crippen LogP) is 2.85. The van der Waals surface area contributed by atoms with E-state index in [1.54, 1.807) is 11.8 Å². The summed E-state index contributed by atoms with van der Waals surface area (Å²) in [6, 6.07) is 7.72. The second-order valence-electron chi connectivity index (χ2n) is 5.59. The zero-order valence-corrected chi connectivity index (χ0v) is 15.7. The number of ether oxygens (including phenoxy) is 1. The molecule has 0 aliphatic carbocycles. The number of esters is 1. The number of fused-ring (bicyclic) bond motifs is 1. The van der Waals surface area contributed by atoms with Crippen LogP contribution >= 0.6 is 23.1 Å². The van der Waals surface area contributed by atoms with E-state index in [1.165, 1.54) is 23.1 Å². The normalized spacial score (nSPS) is 17.1. The van der Waals surface area contributed by atoms with E-state index < -0.39 is 5.97 Å². The number of amides is 1. The van der Waals surface area contributed by atoms with Crippen molar-refractivity contribution >= 4 is 40.7 Å². The monoisotopic (exact) mass is 377 g/mol. The highest BCUT2D eigenvalue weighted by Gasteiger charge is 2.33. The van der Waals surface area contributed by atoms with Gasteiger partial charge in [0.2, 0.25) is 5.91 Å². The van der Waals surface area contributed by atoms with E-state index in [2.05, 4.69) is 10.2 Å². The number of hydrogen-bond donors (Lipinski definition) is 0. The van der Waals surface area contributed by atoms with Crippen LogP contribution in [0, 0.1) is 6.92 Å². The summed E-state index contributed by atoms with van der Waals surface area (Å²) in [6.45, 7) is 3.87. The number of carbonyl (C=O) groups is 2. The molecule has 6 nitrogen and oxygen atoms in total. The van der Waals surface area contributed by atoms with Crippen molar-refractivity contribution < 1.29 is 14.3 Å². The average Bonchev–Trinajstić information content (AvgIpc) is 2.96. The van der Waals surface area contributed by atoms with Crippen LogP contribution in [-0.2, 0) is 20.7 Å². The first-order valence-corrected chi connectivity index (χ1v) is 9.79. The fraction of sp³-hybridized carbons (Fsp3) is 0.412. The standard InChI is InChI=1S/C17H19N3O3S2/c1-3-23-15(21)10-20-13-7-5-4-6-12(13)8-9-14(16(20)22)25-17-19-18-11(2)24-17/h4-7,14H,3,8-10H2,1-2H3/t14-/m1/s1. The van der Waals surface area contributed by atoms with Gasteiger partial charge in [-0.05, 0) is 38.3 Å². The Morgan fingerprint density at radius 1 is 1.40 bits per heavy atom. The molecule has 0 spiro atoms. The van der Waals surface area contributed by atoms with Gasteiger partial charge in [-0.15, -0.1) is 10.2 Å². The third-order valence-electron chi connectivity index (χ3n) is 3.84. The number of benzene rings is 1. The zero-order chi connectivity index (χ0) is 17.8. The largest absolute Gasteiger partial charge is 0.465 e. The molecule has 0 fully saturated rings. The molecule has 2 heterocycles. The molecule has 132 valence electrons. The minimum Gasteiger partial charge on any atom is -0.465 e. The molecule has 0 unspecified atom stereocenters. The van der Waals surface area contributed by atoms with Crippen molar-refractivity contribution in [1.82, 2.24) is 10.2 Å². The van der Waals surface area contributed by atoms with E-state index in [4.69, 9.17) is 4.74 Å². The van der Waals surface area contributed by atoms with E-state index in [0.29, 0.717) is 13.0 Å². The van der Waals surface area contributed by atoms with Gasteiger partial charge in [-0.2, -0.15) is 0 Å². The molecule has 1 aliphatic heterocycles. The van der Waals surface area contributed by atoms with Crippen LogP contribution in [0.3, 0.4) is 0 Å². The van der Waals surface area contributed by atoms with Crippen LogP contribution in [-0.4, -0.2) is 40.5 Å². The molecule has 0 N–H and O–H groups in total. The van der Waals surface area contributed by atoms with Crippen LogP contribution in [0.25, 0.3) is 0 Å². The number of anilines is 1. The second kappa shape index (κ2) is 7.97. The maximum atomic E-state index is 13.1. The Hall–Kier alpha value is -1.93. The number of thioether (sulfide) groups is 1. The SMILES string of the molecule is CCOC(=O)CN1C(=O)[C@H](Sc2nnc(C)s2)CCc2ccccc21. The molecule has 25 heavy (non-hydrogen) atoms. The van der Waals surface area contributed by atoms with Crippen molar-refractivity contribution in [3.63, 3.8) is 0 Å². The van der Waals surface area contributed by atoms with Crippen molar-refractivity contribution in [2.75, 3.05) is 18.1 Å². The summed E-state index contributed by atoms with van der Waals surface area (Å²) in [5, 5.41) is 8.69. The van der Waals surface area contributed by atoms with Gasteiger partial charge in [0, 0.05) is 5.69 Å². The lowest BCUT2D eigenvalue weighted by molar-refractivity contribution is -0.142. The molecule has 1 aromatic carbocycles. The van der Waals surface area contributed by atoms with Crippen molar-refractivity contribution in [3.05, 3.63) is 34.8 Å². The lowest BCUT2D eigenvalue weighted by atomic mass is 10.1. The third kappa shape index (κ3) is 4.19. The molecule has 8 heteroatoms. The molecule has 1 amide bonds. The molecule has 0 bridgehead atoms. The van der Waals surface area contributed by atoms with Crippen LogP contribution in [0.15, 0.2) is 28.6 Å². The van der Waals surface area contributed by atoms with Crippen molar-refractivity contribution in [2.24, 2.45) is 0 Å². The molecule has 1 aliphatic rings. The molecule has 1 aromatic heterocycles. The summed E-state index contributed by atoms with van der Waals surface area (Å²) in [6.07, 6.45) is 1.47. The Labute approximate surface area is 154 Å². The molecular formula is C17H19N3O3S2. The molecule has 1 atom stereocenters. The van der Waals surface area contributed by atoms with Gasteiger partial charge in [0.15, 0.2) is 4.34 Å². The van der Waals surface area contributed by atoms with Crippen molar-refractivity contribution in [1.29, 1.82) is 0 Å². The first-order chi connectivity index (χ1) is 12.1. The van der Waals surface area contributed by atoms with Crippen molar-refractivity contribution in [2.45, 2.75) is 36.3 Å². The Morgan fingerprint density at radius 3 is 2.92 bits per heavy atom. The summed E-state index contributed by atoms with van der Waals surface area (Å²) in [5.41, 5.74) is 1.86. The average molecular weight is 377 g/mol. The highest BCUT2D eigenvalue weighted by atomic mass is 32.2. The van der Waals surface area contributed by atoms with Crippen molar-refractivity contribution in [3.8, 4) is 0 Å². The highest BCUT2D eigenvalue weighted by molar-refractivity contribution is 8.02. The number of nitrogens with zero attached hydrogens (tertiary/aromatic N) is 3. The maximum Gasteiger partial charge on any atom is 0.326 e. The minimum absolute atomic E-state index is 0.0735. The van der Waals surface area contributed by atoms with Gasteiger partial charge in [0.25, 0.3) is 0 Å². The fourth-order valence-corrected chi connectivity index (χ4v) is 4.86. The maximum absolute atomic E-state index is 13.1. The first kappa shape index (κ1) is 17.9. The van der Waals surface area contributed by atoms with Crippen LogP contribution in [0.1, 0.15) is 23.9 Å². The molecular weight excluding hydrogens is 358 g/mol. The quantitative estimate of drug-likeness (QED) is 0.746. The predicted molar refractivity (Wildman–Crippen MR) is 98.0 cm³/mol. The van der Waals surface area contributed by atoms with Gasteiger partial charge in [0.1, 0.15) is 11.6 Å². The third-order valence-corrected chi connectivity index (χ3v) is 6.02. The van der Waals surface area contributed by atoms with Gasteiger partial charge in [-0.3, -0.25) is 14.5 Å².